The van der Waals surface area contributed by atoms with E-state index in [2.05, 4.69) is 20.8 Å². The van der Waals surface area contributed by atoms with Gasteiger partial charge < -0.3 is 44.1 Å². The van der Waals surface area contributed by atoms with Crippen LogP contribution in [0.3, 0.4) is 0 Å². The first-order valence-electron chi connectivity index (χ1n) is 21.0. The van der Waals surface area contributed by atoms with Crippen LogP contribution in [0.5, 0.6) is 0 Å². The minimum atomic E-state index is -1.28. The Kier molecular flexibility index (Phi) is 13.3. The molecule has 11 nitrogen and oxygen atoms in total. The van der Waals surface area contributed by atoms with Crippen molar-refractivity contribution >= 4 is 11.8 Å². The second-order valence-electron chi connectivity index (χ2n) is 18.3. The number of carbonyl (C=O) groups is 2. The molecule has 0 radical (unpaired) electrons. The van der Waals surface area contributed by atoms with Crippen LogP contribution in [0.15, 0.2) is 0 Å². The van der Waals surface area contributed by atoms with E-state index in [1.165, 1.54) is 0 Å². The normalized spacial score (nSPS) is 46.5. The molecule has 2 unspecified atom stereocenters. The molecule has 53 heavy (non-hydrogen) atoms. The molecule has 5 aliphatic heterocycles. The summed E-state index contributed by atoms with van der Waals surface area (Å²) in [6.45, 7) is 19.8. The van der Waals surface area contributed by atoms with Crippen molar-refractivity contribution in [3.8, 4) is 0 Å². The number of carboxylic acids is 1. The summed E-state index contributed by atoms with van der Waals surface area (Å²) in [4.78, 5) is 26.4. The van der Waals surface area contributed by atoms with Crippen molar-refractivity contribution in [2.24, 2.45) is 41.4 Å². The third-order valence-corrected chi connectivity index (χ3v) is 14.9. The van der Waals surface area contributed by atoms with Gasteiger partial charge in [0.05, 0.1) is 53.7 Å². The zero-order chi connectivity index (χ0) is 39.3. The fourth-order valence-corrected chi connectivity index (χ4v) is 10.9. The molecule has 5 aliphatic rings. The van der Waals surface area contributed by atoms with E-state index in [1.54, 1.807) is 6.92 Å². The molecule has 5 fully saturated rings. The van der Waals surface area contributed by atoms with Crippen molar-refractivity contribution in [2.45, 2.75) is 212 Å². The highest BCUT2D eigenvalue weighted by Gasteiger charge is 2.64. The van der Waals surface area contributed by atoms with E-state index in [-0.39, 0.29) is 47.8 Å². The second kappa shape index (κ2) is 16.4. The number of aliphatic hydroxyl groups is 3. The van der Waals surface area contributed by atoms with Gasteiger partial charge in [-0.3, -0.25) is 9.59 Å². The Morgan fingerprint density at radius 3 is 2.09 bits per heavy atom. The first-order chi connectivity index (χ1) is 24.8. The summed E-state index contributed by atoms with van der Waals surface area (Å²) in [6.07, 6.45) is 3.41. The van der Waals surface area contributed by atoms with E-state index in [4.69, 9.17) is 23.7 Å². The maximum Gasteiger partial charge on any atom is 0.309 e. The highest BCUT2D eigenvalue weighted by Crippen LogP contribution is 2.56. The predicted molar refractivity (Wildman–Crippen MR) is 199 cm³/mol. The van der Waals surface area contributed by atoms with Crippen LogP contribution in [-0.4, -0.2) is 97.7 Å². The van der Waals surface area contributed by atoms with E-state index in [0.717, 1.165) is 12.8 Å². The number of aliphatic hydroxyl groups excluding tert-OH is 2. The van der Waals surface area contributed by atoms with Gasteiger partial charge in [0.1, 0.15) is 11.9 Å². The van der Waals surface area contributed by atoms with E-state index in [9.17, 15) is 30.0 Å². The van der Waals surface area contributed by atoms with Gasteiger partial charge in [0.25, 0.3) is 0 Å². The number of rotatable bonds is 12. The lowest BCUT2D eigenvalue weighted by Crippen LogP contribution is -2.65. The topological polar surface area (TPSA) is 161 Å². The lowest BCUT2D eigenvalue weighted by molar-refractivity contribution is -0.442. The summed E-state index contributed by atoms with van der Waals surface area (Å²) in [5.41, 5.74) is -1.59. The molecule has 5 saturated heterocycles. The van der Waals surface area contributed by atoms with Crippen LogP contribution in [0.1, 0.15) is 146 Å². The second-order valence-corrected chi connectivity index (χ2v) is 18.3. The zero-order valence-electron chi connectivity index (χ0n) is 34.2. The third kappa shape index (κ3) is 8.03. The average molecular weight is 753 g/mol. The molecule has 5 heterocycles. The Bertz CT molecular complexity index is 1280. The van der Waals surface area contributed by atoms with E-state index >= 15 is 0 Å². The Labute approximate surface area is 318 Å². The van der Waals surface area contributed by atoms with Crippen molar-refractivity contribution in [3.63, 3.8) is 0 Å². The van der Waals surface area contributed by atoms with Crippen molar-refractivity contribution in [1.29, 1.82) is 0 Å². The summed E-state index contributed by atoms with van der Waals surface area (Å²) in [5, 5.41) is 44.1. The fourth-order valence-electron chi connectivity index (χ4n) is 10.9. The SMILES string of the molecule is CC[C@@H](C(=O)[C@@H](C)[C@@H](O)[C@H](C)[C@@H]1O[C@@H]([C@@H](CC)C(=O)O)CC[C@@H]1C)[C@H]1OC2(CC[C@@H](O)C3(CC[C@@](C)([C@H]4CC[C@](O)(CC)[C@H](C)O4)O3)O2)[C@H](C)C[C@@H]1C. The Morgan fingerprint density at radius 2 is 1.49 bits per heavy atom. The van der Waals surface area contributed by atoms with Crippen LogP contribution in [0, 0.1) is 41.4 Å². The molecule has 0 amide bonds. The summed E-state index contributed by atoms with van der Waals surface area (Å²) >= 11 is 0. The van der Waals surface area contributed by atoms with Gasteiger partial charge in [0.2, 0.25) is 0 Å². The van der Waals surface area contributed by atoms with E-state index < -0.39 is 70.9 Å². The van der Waals surface area contributed by atoms with Crippen molar-refractivity contribution < 1.29 is 53.7 Å². The van der Waals surface area contributed by atoms with Gasteiger partial charge in [-0.25, -0.2) is 0 Å². The molecule has 0 bridgehead atoms. The van der Waals surface area contributed by atoms with Gasteiger partial charge >= 0.3 is 5.97 Å². The summed E-state index contributed by atoms with van der Waals surface area (Å²) < 4.78 is 33.7. The highest BCUT2D eigenvalue weighted by atomic mass is 16.8. The molecule has 11 heteroatoms. The van der Waals surface area contributed by atoms with Crippen LogP contribution in [0.2, 0.25) is 0 Å². The molecule has 0 aromatic carbocycles. The molecule has 18 atom stereocenters. The summed E-state index contributed by atoms with van der Waals surface area (Å²) in [7, 11) is 0. The highest BCUT2D eigenvalue weighted by molar-refractivity contribution is 5.84. The van der Waals surface area contributed by atoms with Crippen molar-refractivity contribution in [3.05, 3.63) is 0 Å². The Morgan fingerprint density at radius 1 is 0.811 bits per heavy atom. The van der Waals surface area contributed by atoms with E-state index in [0.29, 0.717) is 64.2 Å². The van der Waals surface area contributed by atoms with Crippen LogP contribution < -0.4 is 0 Å². The van der Waals surface area contributed by atoms with Gasteiger partial charge in [-0.2, -0.15) is 0 Å². The quantitative estimate of drug-likeness (QED) is 0.174. The number of carboxylic acid groups (broad SMARTS) is 1. The molecule has 0 saturated carbocycles. The number of hydrogen-bond acceptors (Lipinski definition) is 10. The summed E-state index contributed by atoms with van der Waals surface area (Å²) in [5.74, 6) is -5.29. The fraction of sp³-hybridized carbons (Fsp3) is 0.952. The monoisotopic (exact) mass is 753 g/mol. The van der Waals surface area contributed by atoms with E-state index in [1.807, 2.05) is 41.5 Å². The first kappa shape index (κ1) is 43.0. The molecule has 306 valence electrons. The van der Waals surface area contributed by atoms with Crippen molar-refractivity contribution in [2.75, 3.05) is 0 Å². The number of hydrogen-bond donors (Lipinski definition) is 4. The molecule has 0 aromatic rings. The average Bonchev–Trinajstić information content (AvgIpc) is 3.47. The first-order valence-corrected chi connectivity index (χ1v) is 21.0. The minimum absolute atomic E-state index is 0.0228. The number of Topliss-reactive ketones (excluding diaryl/α,β-unsaturated/α-hetero) is 1. The standard InChI is InChI=1S/C42H72O11/c1-11-29(38(46)47)31-15-14-23(4)36(50-31)27(8)34(44)26(7)35(45)30(12-2)37-24(5)22-25(6)41(51-37)19-16-32(43)42(53-41)21-20-39(10,52-42)33-17-18-40(48,13-3)28(9)49-33/h23-34,36-37,43-44,48H,11-22H2,1-10H3,(H,46,47)/t23-,24-,25+,26-,27-,28-,29+,30-,31+,32+,33+,34+,36+,37-,39-,40+,41?,42?/m0/s1. The van der Waals surface area contributed by atoms with Crippen LogP contribution in [0.4, 0.5) is 0 Å². The lowest BCUT2D eigenvalue weighted by Gasteiger charge is -2.56. The molecule has 4 N–H and O–H groups in total. The third-order valence-electron chi connectivity index (χ3n) is 14.9. The molecule has 0 aromatic heterocycles. The molecular formula is C42H72O11. The minimum Gasteiger partial charge on any atom is -0.481 e. The van der Waals surface area contributed by atoms with Gasteiger partial charge in [0.15, 0.2) is 11.6 Å². The van der Waals surface area contributed by atoms with Crippen LogP contribution in [0.25, 0.3) is 0 Å². The van der Waals surface area contributed by atoms with Crippen molar-refractivity contribution in [1.82, 2.24) is 0 Å². The maximum atomic E-state index is 14.5. The number of ether oxygens (including phenoxy) is 5. The van der Waals surface area contributed by atoms with Crippen LogP contribution >= 0.6 is 0 Å². The number of aliphatic carboxylic acids is 1. The van der Waals surface area contributed by atoms with Gasteiger partial charge in [0, 0.05) is 36.5 Å². The Balaban J connectivity index is 1.30. The maximum absolute atomic E-state index is 14.5. The number of ketones is 1. The lowest BCUT2D eigenvalue weighted by atomic mass is 9.72. The molecule has 0 aliphatic carbocycles. The van der Waals surface area contributed by atoms with Gasteiger partial charge in [-0.05, 0) is 89.9 Å². The van der Waals surface area contributed by atoms with Gasteiger partial charge in [-0.15, -0.1) is 0 Å². The molecule has 5 rings (SSSR count). The smallest absolute Gasteiger partial charge is 0.309 e. The Hall–Kier alpha value is -1.18. The van der Waals surface area contributed by atoms with Gasteiger partial charge in [-0.1, -0.05) is 55.4 Å². The molecule has 2 spiro atoms. The summed E-state index contributed by atoms with van der Waals surface area (Å²) in [6, 6.07) is 0. The predicted octanol–water partition coefficient (Wildman–Crippen LogP) is 6.41. The van der Waals surface area contributed by atoms with Crippen LogP contribution in [-0.2, 0) is 33.3 Å². The number of carbonyl (C=O) groups excluding carboxylic acids is 1. The zero-order valence-corrected chi connectivity index (χ0v) is 34.2. The molecular weight excluding hydrogens is 680 g/mol. The largest absolute Gasteiger partial charge is 0.481 e.